The van der Waals surface area contributed by atoms with E-state index in [1.807, 2.05) is 29.0 Å². The molecule has 7 rings (SSSR count). The van der Waals surface area contributed by atoms with Crippen LogP contribution in [0.2, 0.25) is 0 Å². The lowest BCUT2D eigenvalue weighted by molar-refractivity contribution is -0.671. The van der Waals surface area contributed by atoms with Crippen molar-refractivity contribution in [2.24, 2.45) is 0 Å². The molecule has 0 unspecified atom stereocenters. The third-order valence-corrected chi connectivity index (χ3v) is 9.66. The zero-order valence-electron chi connectivity index (χ0n) is 27.0. The number of hydrogen-bond donors (Lipinski definition) is 1. The lowest BCUT2D eigenvalue weighted by atomic mass is 9.95. The molecule has 0 saturated heterocycles. The highest BCUT2D eigenvalue weighted by Gasteiger charge is 2.16. The summed E-state index contributed by atoms with van der Waals surface area (Å²) >= 11 is 0. The largest absolute Gasteiger partial charge is 0.310 e. The SMILES string of the molecule is Cc1cccc(N(c2cccc(C)c2)c2ccc3cc(/C=C/c4cc[n+](CCCS(=O)(=O)O)c5ccccc45)c4ccccc4c3c2)c1. The number of fused-ring (bicyclic) bond motifs is 4. The van der Waals surface area contributed by atoms with Gasteiger partial charge in [0.05, 0.1) is 11.1 Å². The van der Waals surface area contributed by atoms with Crippen molar-refractivity contribution in [3.63, 3.8) is 0 Å². The van der Waals surface area contributed by atoms with Crippen LogP contribution in [0, 0.1) is 13.8 Å². The number of anilines is 3. The topological polar surface area (TPSA) is 61.5 Å². The molecule has 0 fully saturated rings. The van der Waals surface area contributed by atoms with Crippen LogP contribution >= 0.6 is 0 Å². The summed E-state index contributed by atoms with van der Waals surface area (Å²) in [5.74, 6) is -0.262. The van der Waals surface area contributed by atoms with Crippen molar-refractivity contribution in [1.82, 2.24) is 0 Å². The van der Waals surface area contributed by atoms with Crippen LogP contribution < -0.4 is 9.47 Å². The number of benzene rings is 6. The van der Waals surface area contributed by atoms with Gasteiger partial charge in [0.25, 0.3) is 10.1 Å². The minimum Gasteiger partial charge on any atom is -0.310 e. The van der Waals surface area contributed by atoms with Gasteiger partial charge in [0.15, 0.2) is 6.20 Å². The summed E-state index contributed by atoms with van der Waals surface area (Å²) in [4.78, 5) is 2.33. The molecule has 0 amide bonds. The molecule has 238 valence electrons. The van der Waals surface area contributed by atoms with Gasteiger partial charge < -0.3 is 4.90 Å². The third-order valence-electron chi connectivity index (χ3n) is 8.86. The highest BCUT2D eigenvalue weighted by Crippen LogP contribution is 2.39. The first kappa shape index (κ1) is 31.3. The predicted octanol–water partition coefficient (Wildman–Crippen LogP) is 9.97. The summed E-state index contributed by atoms with van der Waals surface area (Å²) in [6.45, 7) is 4.75. The van der Waals surface area contributed by atoms with Crippen LogP contribution in [0.4, 0.5) is 17.1 Å². The van der Waals surface area contributed by atoms with E-state index in [-0.39, 0.29) is 5.75 Å². The second-order valence-corrected chi connectivity index (χ2v) is 14.0. The molecule has 48 heavy (non-hydrogen) atoms. The molecule has 1 aromatic heterocycles. The van der Waals surface area contributed by atoms with Gasteiger partial charge >= 0.3 is 0 Å². The molecular weight excluding hydrogens is 613 g/mol. The van der Waals surface area contributed by atoms with Crippen molar-refractivity contribution < 1.29 is 17.5 Å². The van der Waals surface area contributed by atoms with Gasteiger partial charge in [0, 0.05) is 35.6 Å². The van der Waals surface area contributed by atoms with Crippen molar-refractivity contribution in [1.29, 1.82) is 0 Å². The van der Waals surface area contributed by atoms with Gasteiger partial charge in [-0.25, -0.2) is 0 Å². The second-order valence-electron chi connectivity index (χ2n) is 12.4. The molecule has 0 bridgehead atoms. The van der Waals surface area contributed by atoms with E-state index in [0.717, 1.165) is 39.1 Å². The molecule has 7 aromatic rings. The molecular formula is C42H37N2O3S+. The van der Waals surface area contributed by atoms with Crippen molar-refractivity contribution in [3.8, 4) is 0 Å². The summed E-state index contributed by atoms with van der Waals surface area (Å²) in [7, 11) is -3.99. The van der Waals surface area contributed by atoms with Crippen molar-refractivity contribution in [2.75, 3.05) is 10.7 Å². The Kier molecular flexibility index (Phi) is 8.52. The molecule has 6 aromatic carbocycles. The van der Waals surface area contributed by atoms with Crippen molar-refractivity contribution >= 4 is 71.8 Å². The summed E-state index contributed by atoms with van der Waals surface area (Å²) in [6, 6.07) is 45.1. The molecule has 0 radical (unpaired) electrons. The summed E-state index contributed by atoms with van der Waals surface area (Å²) in [6.07, 6.45) is 6.66. The van der Waals surface area contributed by atoms with Crippen LogP contribution in [-0.2, 0) is 16.7 Å². The fraction of sp³-hybridized carbons (Fsp3) is 0.119. The minimum atomic E-state index is -3.99. The Bertz CT molecular complexity index is 2410. The van der Waals surface area contributed by atoms with Gasteiger partial charge in [-0.1, -0.05) is 78.9 Å². The van der Waals surface area contributed by atoms with E-state index in [1.165, 1.54) is 32.7 Å². The number of para-hydroxylation sites is 1. The van der Waals surface area contributed by atoms with E-state index >= 15 is 0 Å². The number of hydrogen-bond acceptors (Lipinski definition) is 3. The lowest BCUT2D eigenvalue weighted by Gasteiger charge is -2.26. The van der Waals surface area contributed by atoms with Gasteiger partial charge in [-0.05, 0) is 106 Å². The summed E-state index contributed by atoms with van der Waals surface area (Å²) < 4.78 is 33.7. The average molecular weight is 650 g/mol. The van der Waals surface area contributed by atoms with Gasteiger partial charge in [0.2, 0.25) is 5.52 Å². The standard InChI is InChI=1S/C42H36N2O3S/c1-30-10-7-12-35(26-30)44(36-13-8-11-31(2)27-36)37-21-20-34-28-33(38-14-3-4-16-40(38)41(34)29-37)19-18-32-22-24-43(23-9-25-48(45,46)47)42-17-6-5-15-39(32)42/h3-8,10-22,24,26-29H,9,23,25H2,1-2H3/p+1. The Morgan fingerprint density at radius 3 is 1.94 bits per heavy atom. The van der Waals surface area contributed by atoms with Gasteiger partial charge in [-0.2, -0.15) is 13.0 Å². The fourth-order valence-corrected chi connectivity index (χ4v) is 7.12. The zero-order valence-corrected chi connectivity index (χ0v) is 27.9. The highest BCUT2D eigenvalue weighted by atomic mass is 32.2. The molecule has 0 aliphatic rings. The quantitative estimate of drug-likeness (QED) is 0.0961. The summed E-state index contributed by atoms with van der Waals surface area (Å²) in [5.41, 5.74) is 9.00. The predicted molar refractivity (Wildman–Crippen MR) is 200 cm³/mol. The molecule has 0 spiro atoms. The van der Waals surface area contributed by atoms with E-state index in [0.29, 0.717) is 13.0 Å². The number of aromatic nitrogens is 1. The third kappa shape index (κ3) is 6.58. The smallest absolute Gasteiger partial charge is 0.265 e. The minimum absolute atomic E-state index is 0.262. The molecule has 6 heteroatoms. The van der Waals surface area contributed by atoms with Crippen LogP contribution in [0.3, 0.4) is 0 Å². The number of pyridine rings is 1. The first-order chi connectivity index (χ1) is 23.2. The maximum absolute atomic E-state index is 11.3. The Morgan fingerprint density at radius 2 is 1.25 bits per heavy atom. The molecule has 5 nitrogen and oxygen atoms in total. The monoisotopic (exact) mass is 649 g/mol. The second kappa shape index (κ2) is 13.1. The first-order valence-corrected chi connectivity index (χ1v) is 17.8. The van der Waals surface area contributed by atoms with Crippen LogP contribution in [-0.4, -0.2) is 18.7 Å². The van der Waals surface area contributed by atoms with E-state index in [2.05, 4.69) is 140 Å². The molecule has 0 aliphatic heterocycles. The van der Waals surface area contributed by atoms with E-state index in [1.54, 1.807) is 0 Å². The van der Waals surface area contributed by atoms with E-state index in [4.69, 9.17) is 0 Å². The van der Waals surface area contributed by atoms with E-state index < -0.39 is 10.1 Å². The molecule has 0 atom stereocenters. The maximum Gasteiger partial charge on any atom is 0.265 e. The van der Waals surface area contributed by atoms with E-state index in [9.17, 15) is 13.0 Å². The Balaban J connectivity index is 1.30. The van der Waals surface area contributed by atoms with Gasteiger partial charge in [0.1, 0.15) is 6.54 Å². The fourth-order valence-electron chi connectivity index (χ4n) is 6.62. The van der Waals surface area contributed by atoms with Gasteiger partial charge in [-0.15, -0.1) is 0 Å². The highest BCUT2D eigenvalue weighted by molar-refractivity contribution is 7.85. The molecule has 1 heterocycles. The maximum atomic E-state index is 11.3. The van der Waals surface area contributed by atoms with Crippen LogP contribution in [0.25, 0.3) is 44.6 Å². The van der Waals surface area contributed by atoms with Crippen LogP contribution in [0.1, 0.15) is 28.7 Å². The molecule has 0 saturated carbocycles. The van der Waals surface area contributed by atoms with Crippen molar-refractivity contribution in [2.45, 2.75) is 26.8 Å². The Labute approximate surface area is 281 Å². The number of rotatable bonds is 9. The summed E-state index contributed by atoms with van der Waals surface area (Å²) in [5, 5.41) is 5.81. The van der Waals surface area contributed by atoms with Crippen LogP contribution in [0.15, 0.2) is 134 Å². The zero-order chi connectivity index (χ0) is 33.3. The number of nitrogens with zero attached hydrogens (tertiary/aromatic N) is 2. The van der Waals surface area contributed by atoms with Gasteiger partial charge in [-0.3, -0.25) is 4.55 Å². The Morgan fingerprint density at radius 1 is 0.625 bits per heavy atom. The normalized spacial score (nSPS) is 12.0. The van der Waals surface area contributed by atoms with Crippen LogP contribution in [0.5, 0.6) is 0 Å². The molecule has 0 aliphatic carbocycles. The van der Waals surface area contributed by atoms with Crippen molar-refractivity contribution in [3.05, 3.63) is 156 Å². The lowest BCUT2D eigenvalue weighted by Crippen LogP contribution is -2.35. The first-order valence-electron chi connectivity index (χ1n) is 16.2. The Hall–Kier alpha value is -5.30. The number of aryl methyl sites for hydroxylation is 3. The average Bonchev–Trinajstić information content (AvgIpc) is 3.07. The molecule has 1 N–H and O–H groups in total.